The number of hydrogen-bond acceptors (Lipinski definition) is 3. The smallest absolute Gasteiger partial charge is 0.255 e. The Kier molecular flexibility index (Phi) is 6.51. The van der Waals surface area contributed by atoms with Crippen LogP contribution in [-0.4, -0.2) is 31.4 Å². The Bertz CT molecular complexity index is 1090. The van der Waals surface area contributed by atoms with E-state index in [0.717, 1.165) is 48.8 Å². The molecular formula is C26H29N3O2. The molecule has 0 atom stereocenters. The first-order chi connectivity index (χ1) is 15.2. The van der Waals surface area contributed by atoms with E-state index in [1.165, 1.54) is 6.42 Å². The molecule has 1 saturated heterocycles. The lowest BCUT2D eigenvalue weighted by Gasteiger charge is -2.30. The van der Waals surface area contributed by atoms with Crippen molar-refractivity contribution in [2.75, 3.05) is 29.9 Å². The number of rotatable bonds is 6. The lowest BCUT2D eigenvalue weighted by Crippen LogP contribution is -2.33. The Morgan fingerprint density at radius 3 is 2.42 bits per heavy atom. The summed E-state index contributed by atoms with van der Waals surface area (Å²) in [5, 5.41) is 8.07. The van der Waals surface area contributed by atoms with E-state index in [-0.39, 0.29) is 11.8 Å². The molecule has 0 bridgehead atoms. The number of carbonyl (C=O) groups is 2. The number of hydrogen-bond donors (Lipinski definition) is 2. The summed E-state index contributed by atoms with van der Waals surface area (Å²) in [6.07, 6.45) is 4.38. The molecule has 0 saturated carbocycles. The minimum Gasteiger partial charge on any atom is -0.371 e. The van der Waals surface area contributed by atoms with E-state index >= 15 is 0 Å². The number of nitrogens with zero attached hydrogens (tertiary/aromatic N) is 1. The number of fused-ring (bicyclic) bond motifs is 1. The first-order valence-corrected chi connectivity index (χ1v) is 11.1. The summed E-state index contributed by atoms with van der Waals surface area (Å²) in [5.74, 6) is -0.277. The highest BCUT2D eigenvalue weighted by Gasteiger charge is 2.19. The quantitative estimate of drug-likeness (QED) is 0.580. The van der Waals surface area contributed by atoms with Crippen LogP contribution in [0.3, 0.4) is 0 Å². The zero-order valence-corrected chi connectivity index (χ0v) is 18.0. The van der Waals surface area contributed by atoms with Crippen molar-refractivity contribution in [1.29, 1.82) is 0 Å². The predicted molar refractivity (Wildman–Crippen MR) is 127 cm³/mol. The first kappa shape index (κ1) is 20.9. The minimum atomic E-state index is -0.184. The van der Waals surface area contributed by atoms with E-state index in [0.29, 0.717) is 23.4 Å². The van der Waals surface area contributed by atoms with Gasteiger partial charge in [0.1, 0.15) is 0 Å². The van der Waals surface area contributed by atoms with Crippen molar-refractivity contribution in [2.45, 2.75) is 32.6 Å². The van der Waals surface area contributed by atoms with Crippen LogP contribution < -0.4 is 15.5 Å². The van der Waals surface area contributed by atoms with Gasteiger partial charge in [-0.05, 0) is 66.8 Å². The van der Waals surface area contributed by atoms with Gasteiger partial charge in [0, 0.05) is 36.6 Å². The molecule has 0 radical (unpaired) electrons. The molecule has 1 aliphatic rings. The normalized spacial score (nSPS) is 13.8. The molecule has 1 fully saturated rings. The van der Waals surface area contributed by atoms with Gasteiger partial charge in [0.15, 0.2) is 0 Å². The standard InChI is InChI=1S/C26H29N3O2/c1-2-14-27-26(31)23-18-22(12-13-24(23)29-15-6-3-7-16-29)28-25(30)21-11-10-19-8-4-5-9-20(19)17-21/h4-5,8-13,17-18H,2-3,6-7,14-16H2,1H3,(H,27,31)(H,28,30). The van der Waals surface area contributed by atoms with Gasteiger partial charge in [-0.2, -0.15) is 0 Å². The van der Waals surface area contributed by atoms with Gasteiger partial charge < -0.3 is 15.5 Å². The minimum absolute atomic E-state index is 0.0933. The van der Waals surface area contributed by atoms with Crippen LogP contribution in [-0.2, 0) is 0 Å². The van der Waals surface area contributed by atoms with E-state index in [1.807, 2.05) is 61.5 Å². The Labute approximate surface area is 183 Å². The van der Waals surface area contributed by atoms with Crippen molar-refractivity contribution in [2.24, 2.45) is 0 Å². The second kappa shape index (κ2) is 9.65. The third-order valence-corrected chi connectivity index (χ3v) is 5.74. The monoisotopic (exact) mass is 415 g/mol. The fraction of sp³-hybridized carbons (Fsp3) is 0.308. The summed E-state index contributed by atoms with van der Waals surface area (Å²) < 4.78 is 0. The molecule has 5 nitrogen and oxygen atoms in total. The predicted octanol–water partition coefficient (Wildman–Crippen LogP) is 5.22. The van der Waals surface area contributed by atoms with Gasteiger partial charge in [-0.25, -0.2) is 0 Å². The van der Waals surface area contributed by atoms with Crippen LogP contribution in [0.2, 0.25) is 0 Å². The molecule has 2 N–H and O–H groups in total. The van der Waals surface area contributed by atoms with E-state index in [1.54, 1.807) is 6.07 Å². The second-order valence-corrected chi connectivity index (χ2v) is 8.05. The van der Waals surface area contributed by atoms with Crippen LogP contribution in [0.4, 0.5) is 11.4 Å². The molecule has 4 rings (SSSR count). The number of carbonyl (C=O) groups excluding carboxylic acids is 2. The van der Waals surface area contributed by atoms with Crippen molar-refractivity contribution >= 4 is 34.0 Å². The van der Waals surface area contributed by atoms with Gasteiger partial charge in [0.2, 0.25) is 0 Å². The largest absolute Gasteiger partial charge is 0.371 e. The first-order valence-electron chi connectivity index (χ1n) is 11.1. The number of piperidine rings is 1. The molecular weight excluding hydrogens is 386 g/mol. The van der Waals surface area contributed by atoms with E-state index in [4.69, 9.17) is 0 Å². The van der Waals surface area contributed by atoms with Gasteiger partial charge in [0.05, 0.1) is 5.56 Å². The molecule has 3 aromatic carbocycles. The maximum Gasteiger partial charge on any atom is 0.255 e. The summed E-state index contributed by atoms with van der Waals surface area (Å²) >= 11 is 0. The van der Waals surface area contributed by atoms with E-state index in [9.17, 15) is 9.59 Å². The maximum absolute atomic E-state index is 12.9. The molecule has 0 unspecified atom stereocenters. The van der Waals surface area contributed by atoms with Crippen LogP contribution in [0.25, 0.3) is 10.8 Å². The fourth-order valence-corrected chi connectivity index (χ4v) is 4.07. The SMILES string of the molecule is CCCNC(=O)c1cc(NC(=O)c2ccc3ccccc3c2)ccc1N1CCCCC1. The Morgan fingerprint density at radius 2 is 1.65 bits per heavy atom. The molecule has 0 spiro atoms. The topological polar surface area (TPSA) is 61.4 Å². The van der Waals surface area contributed by atoms with Gasteiger partial charge in [0.25, 0.3) is 11.8 Å². The maximum atomic E-state index is 12.9. The van der Waals surface area contributed by atoms with Crippen LogP contribution in [0.15, 0.2) is 60.7 Å². The van der Waals surface area contributed by atoms with Crippen molar-refractivity contribution in [3.63, 3.8) is 0 Å². The fourth-order valence-electron chi connectivity index (χ4n) is 4.07. The molecule has 1 heterocycles. The molecule has 3 aromatic rings. The highest BCUT2D eigenvalue weighted by atomic mass is 16.2. The zero-order chi connectivity index (χ0) is 21.6. The highest BCUT2D eigenvalue weighted by Crippen LogP contribution is 2.28. The van der Waals surface area contributed by atoms with Crippen molar-refractivity contribution in [1.82, 2.24) is 5.32 Å². The zero-order valence-electron chi connectivity index (χ0n) is 18.0. The van der Waals surface area contributed by atoms with Crippen LogP contribution in [0.5, 0.6) is 0 Å². The number of benzene rings is 3. The third kappa shape index (κ3) is 4.88. The van der Waals surface area contributed by atoms with Gasteiger partial charge >= 0.3 is 0 Å². The van der Waals surface area contributed by atoms with Crippen molar-refractivity contribution in [3.8, 4) is 0 Å². The molecule has 0 aromatic heterocycles. The van der Waals surface area contributed by atoms with Crippen molar-refractivity contribution in [3.05, 3.63) is 71.8 Å². The summed E-state index contributed by atoms with van der Waals surface area (Å²) in [6.45, 7) is 4.58. The molecule has 1 aliphatic heterocycles. The van der Waals surface area contributed by atoms with E-state index < -0.39 is 0 Å². The average Bonchev–Trinajstić information content (AvgIpc) is 2.82. The average molecular weight is 416 g/mol. The molecule has 160 valence electrons. The summed E-state index contributed by atoms with van der Waals surface area (Å²) in [5.41, 5.74) is 2.78. The molecule has 5 heteroatoms. The molecule has 0 aliphatic carbocycles. The lowest BCUT2D eigenvalue weighted by atomic mass is 10.0. The lowest BCUT2D eigenvalue weighted by molar-refractivity contribution is 0.0952. The number of amides is 2. The Morgan fingerprint density at radius 1 is 0.871 bits per heavy atom. The number of nitrogens with one attached hydrogen (secondary N) is 2. The summed E-state index contributed by atoms with van der Waals surface area (Å²) in [7, 11) is 0. The van der Waals surface area contributed by atoms with Crippen molar-refractivity contribution < 1.29 is 9.59 Å². The van der Waals surface area contributed by atoms with Gasteiger partial charge in [-0.15, -0.1) is 0 Å². The van der Waals surface area contributed by atoms with Crippen LogP contribution >= 0.6 is 0 Å². The van der Waals surface area contributed by atoms with Gasteiger partial charge in [-0.3, -0.25) is 9.59 Å². The third-order valence-electron chi connectivity index (χ3n) is 5.74. The van der Waals surface area contributed by atoms with Crippen LogP contribution in [0, 0.1) is 0 Å². The van der Waals surface area contributed by atoms with Crippen LogP contribution in [0.1, 0.15) is 53.3 Å². The highest BCUT2D eigenvalue weighted by molar-refractivity contribution is 6.08. The Balaban J connectivity index is 1.59. The summed E-state index contributed by atoms with van der Waals surface area (Å²) in [6, 6.07) is 19.3. The van der Waals surface area contributed by atoms with E-state index in [2.05, 4.69) is 15.5 Å². The molecule has 31 heavy (non-hydrogen) atoms. The summed E-state index contributed by atoms with van der Waals surface area (Å²) in [4.78, 5) is 28.0. The second-order valence-electron chi connectivity index (χ2n) is 8.05. The van der Waals surface area contributed by atoms with Gasteiger partial charge in [-0.1, -0.05) is 37.3 Å². The molecule has 2 amide bonds. The number of anilines is 2. The Hall–Kier alpha value is -3.34.